The zero-order valence-electron chi connectivity index (χ0n) is 23.7. The van der Waals surface area contributed by atoms with E-state index in [2.05, 4.69) is 25.4 Å². The van der Waals surface area contributed by atoms with Crippen LogP contribution in [0.1, 0.15) is 38.4 Å². The van der Waals surface area contributed by atoms with Gasteiger partial charge < -0.3 is 14.0 Å². The van der Waals surface area contributed by atoms with Crippen LogP contribution in [0.2, 0.25) is 5.02 Å². The van der Waals surface area contributed by atoms with Crippen LogP contribution < -0.4 is 0 Å². The lowest BCUT2D eigenvalue weighted by Gasteiger charge is -2.15. The summed E-state index contributed by atoms with van der Waals surface area (Å²) in [6.07, 6.45) is -7.24. The topological polar surface area (TPSA) is 118 Å². The number of ketones is 1. The molecule has 46 heavy (non-hydrogen) atoms. The Bertz CT molecular complexity index is 1820. The predicted molar refractivity (Wildman–Crippen MR) is 148 cm³/mol. The number of alkyl halides is 6. The molecule has 0 amide bonds. The number of aromatic nitrogens is 6. The fourth-order valence-electron chi connectivity index (χ4n) is 4.60. The molecule has 0 aliphatic rings. The van der Waals surface area contributed by atoms with Crippen LogP contribution in [0.5, 0.6) is 0 Å². The fraction of sp³-hybridized carbons (Fsp3) is 0.241. The maximum absolute atomic E-state index is 14.3. The van der Waals surface area contributed by atoms with Crippen molar-refractivity contribution < 1.29 is 45.1 Å². The maximum atomic E-state index is 14.3. The van der Waals surface area contributed by atoms with E-state index in [1.165, 1.54) is 32.8 Å². The molecule has 3 heterocycles. The van der Waals surface area contributed by atoms with Gasteiger partial charge in [-0.15, -0.1) is 5.10 Å². The average Bonchev–Trinajstić information content (AvgIpc) is 3.63. The summed E-state index contributed by atoms with van der Waals surface area (Å²) in [6.45, 7) is -0.650. The number of carbonyl (C=O) groups excluding carboxylic acids is 1. The third-order valence-corrected chi connectivity index (χ3v) is 7.06. The Hall–Kier alpha value is -4.67. The molecule has 17 heteroatoms. The van der Waals surface area contributed by atoms with Crippen molar-refractivity contribution in [2.45, 2.75) is 31.6 Å². The third-order valence-electron chi connectivity index (χ3n) is 6.73. The third kappa shape index (κ3) is 6.78. The summed E-state index contributed by atoms with van der Waals surface area (Å²) in [5.74, 6) is -0.854. The molecule has 0 N–H and O–H groups in total. The first-order valence-corrected chi connectivity index (χ1v) is 13.5. The van der Waals surface area contributed by atoms with Gasteiger partial charge in [0.2, 0.25) is 5.78 Å². The molecular weight excluding hydrogens is 646 g/mol. The largest absolute Gasteiger partial charge is 0.416 e. The van der Waals surface area contributed by atoms with E-state index in [-0.39, 0.29) is 51.6 Å². The number of rotatable bonds is 10. The van der Waals surface area contributed by atoms with E-state index in [0.29, 0.717) is 17.7 Å². The van der Waals surface area contributed by atoms with E-state index in [1.54, 1.807) is 24.3 Å². The summed E-state index contributed by atoms with van der Waals surface area (Å²) in [4.78, 5) is 22.5. The molecule has 0 radical (unpaired) electrons. The van der Waals surface area contributed by atoms with Crippen LogP contribution in [-0.2, 0) is 34.8 Å². The minimum Gasteiger partial charge on any atom is -0.356 e. The quantitative estimate of drug-likeness (QED) is 0.0932. The Labute approximate surface area is 260 Å². The first kappa shape index (κ1) is 32.7. The number of ether oxygens (including phenoxy) is 2. The molecule has 0 saturated heterocycles. The highest BCUT2D eigenvalue weighted by Gasteiger charge is 2.37. The zero-order chi connectivity index (χ0) is 33.2. The monoisotopic (exact) mass is 666 g/mol. The SMILES string of the molecule is COC(Cc1noc(-c2ccccc2Cl)c1C(=O)c1nnn(Cc2cc(C(F)(F)F)cc(C(F)(F)F)c2)c1-c1cnccn1)OC. The maximum Gasteiger partial charge on any atom is 0.416 e. The summed E-state index contributed by atoms with van der Waals surface area (Å²) in [7, 11) is 2.75. The summed E-state index contributed by atoms with van der Waals surface area (Å²) < 4.78 is 98.4. The highest BCUT2D eigenvalue weighted by molar-refractivity contribution is 6.33. The van der Waals surface area contributed by atoms with Crippen molar-refractivity contribution in [3.8, 4) is 22.7 Å². The summed E-state index contributed by atoms with van der Waals surface area (Å²) in [5.41, 5.74) is -3.68. The predicted octanol–water partition coefficient (Wildman–Crippen LogP) is 6.52. The van der Waals surface area contributed by atoms with Gasteiger partial charge in [-0.2, -0.15) is 26.3 Å². The molecule has 3 aromatic heterocycles. The summed E-state index contributed by atoms with van der Waals surface area (Å²) in [6, 6.07) is 7.58. The molecule has 2 aromatic carbocycles. The van der Waals surface area contributed by atoms with Crippen molar-refractivity contribution in [3.63, 3.8) is 0 Å². The Morgan fingerprint density at radius 3 is 2.26 bits per heavy atom. The van der Waals surface area contributed by atoms with Crippen molar-refractivity contribution in [2.24, 2.45) is 0 Å². The second kappa shape index (κ2) is 13.0. The van der Waals surface area contributed by atoms with Crippen molar-refractivity contribution in [3.05, 3.63) is 99.7 Å². The van der Waals surface area contributed by atoms with E-state index in [9.17, 15) is 31.1 Å². The number of methoxy groups -OCH3 is 2. The first-order chi connectivity index (χ1) is 21.8. The molecule has 0 aliphatic heterocycles. The van der Waals surface area contributed by atoms with Gasteiger partial charge in [0, 0.05) is 38.6 Å². The Morgan fingerprint density at radius 2 is 1.67 bits per heavy atom. The number of hydrogen-bond acceptors (Lipinski definition) is 9. The summed E-state index contributed by atoms with van der Waals surface area (Å²) >= 11 is 6.40. The highest BCUT2D eigenvalue weighted by atomic mass is 35.5. The minimum atomic E-state index is -5.07. The molecule has 0 atom stereocenters. The molecule has 0 spiro atoms. The molecule has 0 unspecified atom stereocenters. The van der Waals surface area contributed by atoms with Gasteiger partial charge in [-0.05, 0) is 35.9 Å². The summed E-state index contributed by atoms with van der Waals surface area (Å²) in [5, 5.41) is 12.2. The van der Waals surface area contributed by atoms with Gasteiger partial charge >= 0.3 is 12.4 Å². The lowest BCUT2D eigenvalue weighted by Crippen LogP contribution is -2.19. The number of benzene rings is 2. The van der Waals surface area contributed by atoms with Crippen LogP contribution in [0, 0.1) is 0 Å². The molecule has 0 bridgehead atoms. The van der Waals surface area contributed by atoms with Crippen molar-refractivity contribution >= 4 is 17.4 Å². The second-order valence-electron chi connectivity index (χ2n) is 9.70. The standard InChI is InChI=1S/C29H21ClF6N6O4/c1-44-22(45-2)12-20-23(27(46-40-20)18-5-3-4-6-19(18)30)26(43)24-25(21-13-37-7-8-38-21)42(41-39-24)14-15-9-16(28(31,32)33)11-17(10-15)29(34,35)36/h3-11,13,22H,12,14H2,1-2H3. The Balaban J connectivity index is 1.68. The van der Waals surface area contributed by atoms with Gasteiger partial charge in [-0.1, -0.05) is 34.1 Å². The zero-order valence-corrected chi connectivity index (χ0v) is 24.5. The molecular formula is C29H21ClF6N6O4. The Morgan fingerprint density at radius 1 is 1.00 bits per heavy atom. The number of nitrogens with zero attached hydrogens (tertiary/aromatic N) is 6. The first-order valence-electron chi connectivity index (χ1n) is 13.1. The number of hydrogen-bond donors (Lipinski definition) is 0. The smallest absolute Gasteiger partial charge is 0.356 e. The molecule has 0 aliphatic carbocycles. The van der Waals surface area contributed by atoms with Gasteiger partial charge in [-0.25, -0.2) is 4.68 Å². The molecule has 240 valence electrons. The van der Waals surface area contributed by atoms with Gasteiger partial charge in [-0.3, -0.25) is 14.8 Å². The van der Waals surface area contributed by atoms with Gasteiger partial charge in [0.1, 0.15) is 17.1 Å². The van der Waals surface area contributed by atoms with Crippen LogP contribution in [0.3, 0.4) is 0 Å². The van der Waals surface area contributed by atoms with Crippen molar-refractivity contribution in [2.75, 3.05) is 14.2 Å². The van der Waals surface area contributed by atoms with Crippen LogP contribution >= 0.6 is 11.6 Å². The second-order valence-corrected chi connectivity index (χ2v) is 10.1. The van der Waals surface area contributed by atoms with Crippen LogP contribution in [0.15, 0.2) is 65.6 Å². The van der Waals surface area contributed by atoms with Crippen molar-refractivity contribution in [1.29, 1.82) is 0 Å². The van der Waals surface area contributed by atoms with E-state index < -0.39 is 47.7 Å². The highest BCUT2D eigenvalue weighted by Crippen LogP contribution is 2.38. The van der Waals surface area contributed by atoms with Crippen LogP contribution in [0.25, 0.3) is 22.7 Å². The van der Waals surface area contributed by atoms with Crippen LogP contribution in [-0.4, -0.2) is 56.4 Å². The van der Waals surface area contributed by atoms with E-state index >= 15 is 0 Å². The lowest BCUT2D eigenvalue weighted by atomic mass is 9.98. The normalized spacial score (nSPS) is 12.2. The van der Waals surface area contributed by atoms with E-state index in [1.807, 2.05) is 0 Å². The van der Waals surface area contributed by atoms with Crippen LogP contribution in [0.4, 0.5) is 26.3 Å². The van der Waals surface area contributed by atoms with Gasteiger partial charge in [0.25, 0.3) is 0 Å². The van der Waals surface area contributed by atoms with Gasteiger partial charge in [0.05, 0.1) is 34.5 Å². The molecule has 0 fully saturated rings. The van der Waals surface area contributed by atoms with E-state index in [0.717, 1.165) is 4.68 Å². The number of halogens is 7. The fourth-order valence-corrected chi connectivity index (χ4v) is 4.82. The average molecular weight is 667 g/mol. The molecule has 10 nitrogen and oxygen atoms in total. The van der Waals surface area contributed by atoms with E-state index in [4.69, 9.17) is 25.6 Å². The van der Waals surface area contributed by atoms with Gasteiger partial charge in [0.15, 0.2) is 17.7 Å². The van der Waals surface area contributed by atoms with Crippen molar-refractivity contribution in [1.82, 2.24) is 30.1 Å². The molecule has 0 saturated carbocycles. The Kier molecular flexibility index (Phi) is 9.23. The lowest BCUT2D eigenvalue weighted by molar-refractivity contribution is -0.143. The molecule has 5 aromatic rings. The minimum absolute atomic E-state index is 0.00262. The number of carbonyl (C=O) groups is 1. The molecule has 5 rings (SSSR count).